The molecule has 0 fully saturated rings. The minimum atomic E-state index is -0.395. The number of esters is 1. The first-order valence-electron chi connectivity index (χ1n) is 7.00. The van der Waals surface area contributed by atoms with Crippen LogP contribution in [0.4, 0.5) is 0 Å². The Morgan fingerprint density at radius 2 is 1.62 bits per heavy atom. The van der Waals surface area contributed by atoms with Gasteiger partial charge >= 0.3 is 5.97 Å². The fourth-order valence-electron chi connectivity index (χ4n) is 2.26. The molecule has 108 valence electrons. The quantitative estimate of drug-likeness (QED) is 0.618. The van der Waals surface area contributed by atoms with E-state index in [2.05, 4.69) is 0 Å². The Balaban J connectivity index is 2.33. The highest BCUT2D eigenvalue weighted by Gasteiger charge is 2.22. The highest BCUT2D eigenvalue weighted by molar-refractivity contribution is 6.02. The molecular weight excluding hydrogens is 264 g/mol. The summed E-state index contributed by atoms with van der Waals surface area (Å²) in [6.07, 6.45) is 0. The third kappa shape index (κ3) is 3.37. The van der Waals surface area contributed by atoms with Gasteiger partial charge < -0.3 is 4.74 Å². The fourth-order valence-corrected chi connectivity index (χ4v) is 2.26. The van der Waals surface area contributed by atoms with Gasteiger partial charge in [0.2, 0.25) is 0 Å². The predicted octanol–water partition coefficient (Wildman–Crippen LogP) is 3.85. The molecule has 0 aliphatic heterocycles. The third-order valence-electron chi connectivity index (χ3n) is 3.37. The molecule has 0 aliphatic carbocycles. The Hall–Kier alpha value is -2.42. The molecule has 0 bridgehead atoms. The van der Waals surface area contributed by atoms with Crippen molar-refractivity contribution < 1.29 is 14.3 Å². The van der Waals surface area contributed by atoms with Crippen LogP contribution in [0, 0.1) is 0 Å². The van der Waals surface area contributed by atoms with Crippen LogP contribution in [0.2, 0.25) is 0 Å². The highest BCUT2D eigenvalue weighted by Crippen LogP contribution is 2.24. The molecule has 3 heteroatoms. The maximum absolute atomic E-state index is 12.5. The standard InChI is InChI=1S/C18H18O3/c1-3-21-18(20)16-12-8-7-11-15(16)13(2)17(19)14-9-5-4-6-10-14/h4-13H,3H2,1-2H3/t13-/m1/s1. The summed E-state index contributed by atoms with van der Waals surface area (Å²) in [4.78, 5) is 24.5. The molecule has 0 radical (unpaired) electrons. The molecule has 2 rings (SSSR count). The Labute approximate surface area is 124 Å². The van der Waals surface area contributed by atoms with E-state index in [0.717, 1.165) is 0 Å². The van der Waals surface area contributed by atoms with E-state index in [0.29, 0.717) is 23.3 Å². The second-order valence-electron chi connectivity index (χ2n) is 4.76. The summed E-state index contributed by atoms with van der Waals surface area (Å²) in [6, 6.07) is 16.2. The van der Waals surface area contributed by atoms with Crippen LogP contribution in [0.15, 0.2) is 54.6 Å². The lowest BCUT2D eigenvalue weighted by Crippen LogP contribution is -2.15. The van der Waals surface area contributed by atoms with Crippen molar-refractivity contribution in [1.82, 2.24) is 0 Å². The van der Waals surface area contributed by atoms with Crippen molar-refractivity contribution in [3.05, 3.63) is 71.3 Å². The van der Waals surface area contributed by atoms with Crippen molar-refractivity contribution in [3.8, 4) is 0 Å². The lowest BCUT2D eigenvalue weighted by molar-refractivity contribution is 0.0525. The minimum absolute atomic E-state index is 0.00708. The maximum Gasteiger partial charge on any atom is 0.338 e. The molecule has 2 aromatic carbocycles. The Morgan fingerprint density at radius 1 is 1.00 bits per heavy atom. The van der Waals surface area contributed by atoms with Crippen molar-refractivity contribution in [2.75, 3.05) is 6.61 Å². The van der Waals surface area contributed by atoms with Crippen LogP contribution in [0.3, 0.4) is 0 Å². The number of hydrogen-bond acceptors (Lipinski definition) is 3. The number of Topliss-reactive ketones (excluding diaryl/α,β-unsaturated/α-hetero) is 1. The predicted molar refractivity (Wildman–Crippen MR) is 81.6 cm³/mol. The smallest absolute Gasteiger partial charge is 0.338 e. The van der Waals surface area contributed by atoms with E-state index < -0.39 is 5.92 Å². The first-order chi connectivity index (χ1) is 10.1. The van der Waals surface area contributed by atoms with Gasteiger partial charge in [-0.3, -0.25) is 4.79 Å². The van der Waals surface area contributed by atoms with Crippen LogP contribution in [0.25, 0.3) is 0 Å². The zero-order chi connectivity index (χ0) is 15.2. The van der Waals surface area contributed by atoms with Crippen molar-refractivity contribution in [1.29, 1.82) is 0 Å². The normalized spacial score (nSPS) is 11.7. The number of ketones is 1. The van der Waals surface area contributed by atoms with Crippen molar-refractivity contribution in [2.24, 2.45) is 0 Å². The van der Waals surface area contributed by atoms with E-state index in [4.69, 9.17) is 4.74 Å². The summed E-state index contributed by atoms with van der Waals surface area (Å²) < 4.78 is 5.05. The summed E-state index contributed by atoms with van der Waals surface area (Å²) in [5.74, 6) is -0.791. The van der Waals surface area contributed by atoms with Crippen molar-refractivity contribution >= 4 is 11.8 Å². The van der Waals surface area contributed by atoms with Gasteiger partial charge in [-0.25, -0.2) is 4.79 Å². The van der Waals surface area contributed by atoms with Gasteiger partial charge in [0.1, 0.15) is 0 Å². The zero-order valence-corrected chi connectivity index (χ0v) is 12.2. The fraction of sp³-hybridized carbons (Fsp3) is 0.222. The van der Waals surface area contributed by atoms with E-state index in [1.54, 1.807) is 37.3 Å². The Bertz CT molecular complexity index is 632. The van der Waals surface area contributed by atoms with Crippen LogP contribution >= 0.6 is 0 Å². The van der Waals surface area contributed by atoms with Crippen LogP contribution in [0.5, 0.6) is 0 Å². The monoisotopic (exact) mass is 282 g/mol. The van der Waals surface area contributed by atoms with Crippen LogP contribution in [-0.2, 0) is 4.74 Å². The molecule has 0 saturated heterocycles. The summed E-state index contributed by atoms with van der Waals surface area (Å²) >= 11 is 0. The van der Waals surface area contributed by atoms with Gasteiger partial charge in [-0.15, -0.1) is 0 Å². The topological polar surface area (TPSA) is 43.4 Å². The maximum atomic E-state index is 12.5. The molecule has 0 amide bonds. The molecule has 0 saturated carbocycles. The molecule has 0 heterocycles. The van der Waals surface area contributed by atoms with E-state index in [-0.39, 0.29) is 11.8 Å². The number of carbonyl (C=O) groups is 2. The van der Waals surface area contributed by atoms with Gasteiger partial charge in [0.25, 0.3) is 0 Å². The Kier molecular flexibility index (Phi) is 4.88. The molecule has 2 aromatic rings. The zero-order valence-electron chi connectivity index (χ0n) is 12.2. The summed E-state index contributed by atoms with van der Waals surface area (Å²) in [5, 5.41) is 0. The second-order valence-corrected chi connectivity index (χ2v) is 4.76. The molecule has 0 aliphatic rings. The third-order valence-corrected chi connectivity index (χ3v) is 3.37. The number of carbonyl (C=O) groups excluding carboxylic acids is 2. The molecule has 1 atom stereocenters. The van der Waals surface area contributed by atoms with E-state index in [9.17, 15) is 9.59 Å². The summed E-state index contributed by atoms with van der Waals surface area (Å²) in [6.45, 7) is 3.89. The first kappa shape index (κ1) is 15.0. The number of hydrogen-bond donors (Lipinski definition) is 0. The van der Waals surface area contributed by atoms with E-state index in [1.165, 1.54) is 0 Å². The van der Waals surface area contributed by atoms with Crippen LogP contribution in [0.1, 0.15) is 46.0 Å². The molecule has 0 aromatic heterocycles. The van der Waals surface area contributed by atoms with E-state index >= 15 is 0 Å². The Morgan fingerprint density at radius 3 is 2.29 bits per heavy atom. The van der Waals surface area contributed by atoms with Gasteiger partial charge in [-0.2, -0.15) is 0 Å². The van der Waals surface area contributed by atoms with Gasteiger partial charge in [-0.05, 0) is 18.6 Å². The molecule has 3 nitrogen and oxygen atoms in total. The first-order valence-corrected chi connectivity index (χ1v) is 7.00. The number of ether oxygens (including phenoxy) is 1. The van der Waals surface area contributed by atoms with Gasteiger partial charge in [-0.1, -0.05) is 55.5 Å². The summed E-state index contributed by atoms with van der Waals surface area (Å²) in [7, 11) is 0. The van der Waals surface area contributed by atoms with Gasteiger partial charge in [0, 0.05) is 11.5 Å². The van der Waals surface area contributed by atoms with Crippen LogP contribution < -0.4 is 0 Å². The van der Waals surface area contributed by atoms with Gasteiger partial charge in [0.05, 0.1) is 12.2 Å². The van der Waals surface area contributed by atoms with Gasteiger partial charge in [0.15, 0.2) is 5.78 Å². The lowest BCUT2D eigenvalue weighted by atomic mass is 9.89. The number of benzene rings is 2. The molecule has 0 spiro atoms. The SMILES string of the molecule is CCOC(=O)c1ccccc1[C@@H](C)C(=O)c1ccccc1. The van der Waals surface area contributed by atoms with E-state index in [1.807, 2.05) is 31.2 Å². The van der Waals surface area contributed by atoms with Crippen molar-refractivity contribution in [3.63, 3.8) is 0 Å². The molecular formula is C18H18O3. The molecule has 21 heavy (non-hydrogen) atoms. The lowest BCUT2D eigenvalue weighted by Gasteiger charge is -2.15. The average molecular weight is 282 g/mol. The molecule has 0 N–H and O–H groups in total. The van der Waals surface area contributed by atoms with Crippen molar-refractivity contribution in [2.45, 2.75) is 19.8 Å². The largest absolute Gasteiger partial charge is 0.462 e. The number of rotatable bonds is 5. The highest BCUT2D eigenvalue weighted by atomic mass is 16.5. The summed E-state index contributed by atoms with van der Waals surface area (Å²) in [5.41, 5.74) is 1.80. The molecule has 0 unspecified atom stereocenters. The second kappa shape index (κ2) is 6.84. The average Bonchev–Trinajstić information content (AvgIpc) is 2.54. The minimum Gasteiger partial charge on any atom is -0.462 e. The van der Waals surface area contributed by atoms with Crippen LogP contribution in [-0.4, -0.2) is 18.4 Å².